The van der Waals surface area contributed by atoms with Crippen LogP contribution in [0.15, 0.2) is 64.5 Å². The highest BCUT2D eigenvalue weighted by atomic mass is 32.2. The van der Waals surface area contributed by atoms with Crippen LogP contribution in [0.2, 0.25) is 0 Å². The third-order valence-corrected chi connectivity index (χ3v) is 7.13. The van der Waals surface area contributed by atoms with Crippen LogP contribution in [0.4, 0.5) is 4.79 Å². The fourth-order valence-corrected chi connectivity index (χ4v) is 5.64. The summed E-state index contributed by atoms with van der Waals surface area (Å²) in [6.45, 7) is 1.86. The molecule has 27 heavy (non-hydrogen) atoms. The molecule has 0 saturated carbocycles. The number of nitrogens with one attached hydrogen (secondary N) is 2. The molecule has 2 aromatic carbocycles. The van der Waals surface area contributed by atoms with Crippen molar-refractivity contribution in [1.29, 1.82) is 0 Å². The first kappa shape index (κ1) is 17.6. The van der Waals surface area contributed by atoms with Gasteiger partial charge in [0.05, 0.1) is 9.80 Å². The zero-order chi connectivity index (χ0) is 19.2. The maximum absolute atomic E-state index is 13.5. The molecule has 4 rings (SSSR count). The largest absolute Gasteiger partial charge is 0.361 e. The zero-order valence-corrected chi connectivity index (χ0v) is 15.8. The molecule has 0 bridgehead atoms. The highest BCUT2D eigenvalue weighted by molar-refractivity contribution is 8.19. The number of carbonyl (C=O) groups excluding carboxylic acids is 2. The number of aromatic amines is 1. The van der Waals surface area contributed by atoms with Gasteiger partial charge in [0.15, 0.2) is 0 Å². The lowest BCUT2D eigenvalue weighted by Gasteiger charge is -2.13. The van der Waals surface area contributed by atoms with Crippen molar-refractivity contribution < 1.29 is 18.0 Å². The topological polar surface area (TPSA) is 96.1 Å². The second-order valence-corrected chi connectivity index (χ2v) is 8.93. The Kier molecular flexibility index (Phi) is 4.16. The van der Waals surface area contributed by atoms with E-state index in [0.29, 0.717) is 22.7 Å². The summed E-state index contributed by atoms with van der Waals surface area (Å²) in [5, 5.41) is 2.21. The molecule has 6 nitrogen and oxygen atoms in total. The van der Waals surface area contributed by atoms with E-state index in [1.807, 2.05) is 13.0 Å². The van der Waals surface area contributed by atoms with Crippen LogP contribution in [-0.4, -0.2) is 24.5 Å². The predicted octanol–water partition coefficient (Wildman–Crippen LogP) is 3.60. The van der Waals surface area contributed by atoms with Crippen molar-refractivity contribution in [3.8, 4) is 0 Å². The Morgan fingerprint density at radius 1 is 1.00 bits per heavy atom. The number of aromatic nitrogens is 1. The summed E-state index contributed by atoms with van der Waals surface area (Å²) in [5.41, 5.74) is 2.03. The van der Waals surface area contributed by atoms with Crippen LogP contribution in [0.25, 0.3) is 15.8 Å². The minimum atomic E-state index is -4.05. The molecule has 0 radical (unpaired) electrons. The quantitative estimate of drug-likeness (QED) is 0.657. The molecule has 2 amide bonds. The van der Waals surface area contributed by atoms with E-state index in [2.05, 4.69) is 10.3 Å². The van der Waals surface area contributed by atoms with Gasteiger partial charge < -0.3 is 4.98 Å². The predicted molar refractivity (Wildman–Crippen MR) is 105 cm³/mol. The Balaban J connectivity index is 2.05. The highest BCUT2D eigenvalue weighted by Crippen LogP contribution is 2.40. The Morgan fingerprint density at radius 3 is 2.41 bits per heavy atom. The third kappa shape index (κ3) is 2.96. The van der Waals surface area contributed by atoms with Crippen molar-refractivity contribution in [3.63, 3.8) is 0 Å². The summed E-state index contributed by atoms with van der Waals surface area (Å²) >= 11 is 0.603. The van der Waals surface area contributed by atoms with E-state index in [-0.39, 0.29) is 14.7 Å². The maximum atomic E-state index is 13.5. The molecule has 1 aliphatic rings. The van der Waals surface area contributed by atoms with Crippen LogP contribution < -0.4 is 5.32 Å². The molecule has 1 fully saturated rings. The first-order valence-corrected chi connectivity index (χ1v) is 10.3. The lowest BCUT2D eigenvalue weighted by Crippen LogP contribution is -2.19. The Morgan fingerprint density at radius 2 is 1.74 bits per heavy atom. The van der Waals surface area contributed by atoms with Gasteiger partial charge in [0.1, 0.15) is 4.91 Å². The minimum absolute atomic E-state index is 0.0656. The molecule has 0 aliphatic carbocycles. The van der Waals surface area contributed by atoms with Gasteiger partial charge in [-0.1, -0.05) is 29.8 Å². The minimum Gasteiger partial charge on any atom is -0.361 e. The zero-order valence-electron chi connectivity index (χ0n) is 14.1. The van der Waals surface area contributed by atoms with Crippen LogP contribution >= 0.6 is 11.8 Å². The number of amides is 2. The molecule has 2 N–H and O–H groups in total. The van der Waals surface area contributed by atoms with Gasteiger partial charge in [-0.3, -0.25) is 14.9 Å². The SMILES string of the molecule is Cc1ccc(S(=O)(=O)C(=C2SC(=O)NC2=O)c2cccc3[nH]ccc23)cc1. The number of rotatable bonds is 3. The number of sulfone groups is 1. The Labute approximate surface area is 159 Å². The fourth-order valence-electron chi connectivity index (χ4n) is 2.97. The first-order valence-electron chi connectivity index (χ1n) is 8.03. The van der Waals surface area contributed by atoms with E-state index in [0.717, 1.165) is 11.1 Å². The van der Waals surface area contributed by atoms with Gasteiger partial charge in [-0.2, -0.15) is 0 Å². The van der Waals surface area contributed by atoms with Crippen molar-refractivity contribution in [1.82, 2.24) is 10.3 Å². The molecule has 1 aromatic heterocycles. The van der Waals surface area contributed by atoms with Crippen molar-refractivity contribution in [2.24, 2.45) is 0 Å². The van der Waals surface area contributed by atoms with Crippen LogP contribution in [0, 0.1) is 6.92 Å². The van der Waals surface area contributed by atoms with E-state index < -0.39 is 21.0 Å². The van der Waals surface area contributed by atoms with Crippen LogP contribution in [0.3, 0.4) is 0 Å². The number of fused-ring (bicyclic) bond motifs is 1. The fraction of sp³-hybridized carbons (Fsp3) is 0.0526. The van der Waals surface area contributed by atoms with Crippen molar-refractivity contribution in [2.75, 3.05) is 0 Å². The van der Waals surface area contributed by atoms with Gasteiger partial charge in [0, 0.05) is 22.7 Å². The number of imide groups is 1. The molecular formula is C19H14N2O4S2. The smallest absolute Gasteiger partial charge is 0.290 e. The first-order chi connectivity index (χ1) is 12.9. The molecule has 2 heterocycles. The number of hydrogen-bond acceptors (Lipinski definition) is 5. The number of benzene rings is 2. The van der Waals surface area contributed by atoms with E-state index in [1.165, 1.54) is 12.1 Å². The molecule has 1 aliphatic heterocycles. The monoisotopic (exact) mass is 398 g/mol. The average Bonchev–Trinajstić information content (AvgIpc) is 3.22. The Bertz CT molecular complexity index is 1220. The van der Waals surface area contributed by atoms with E-state index in [9.17, 15) is 18.0 Å². The van der Waals surface area contributed by atoms with Gasteiger partial charge in [-0.15, -0.1) is 0 Å². The van der Waals surface area contributed by atoms with Gasteiger partial charge >= 0.3 is 0 Å². The van der Waals surface area contributed by atoms with E-state index in [1.54, 1.807) is 36.5 Å². The average molecular weight is 398 g/mol. The second-order valence-electron chi connectivity index (χ2n) is 6.06. The van der Waals surface area contributed by atoms with Crippen molar-refractivity contribution in [2.45, 2.75) is 11.8 Å². The van der Waals surface area contributed by atoms with Gasteiger partial charge in [0.25, 0.3) is 11.1 Å². The maximum Gasteiger partial charge on any atom is 0.290 e. The standard InChI is InChI=1S/C19H14N2O4S2/c1-11-5-7-12(8-6-11)27(24,25)17(16-18(22)21-19(23)26-16)14-3-2-4-15-13(14)9-10-20-15/h2-10,20H,1H3,(H,21,22,23). The normalized spacial score (nSPS) is 16.6. The second kappa shape index (κ2) is 6.40. The summed E-state index contributed by atoms with van der Waals surface area (Å²) in [6, 6.07) is 13.3. The van der Waals surface area contributed by atoms with Crippen molar-refractivity contribution >= 4 is 48.6 Å². The Hall–Kier alpha value is -2.84. The van der Waals surface area contributed by atoms with Crippen LogP contribution in [0.1, 0.15) is 11.1 Å². The van der Waals surface area contributed by atoms with E-state index in [4.69, 9.17) is 0 Å². The summed E-state index contributed by atoms with van der Waals surface area (Å²) in [4.78, 5) is 26.9. The number of hydrogen-bond donors (Lipinski definition) is 2. The number of carbonyl (C=O) groups is 2. The number of aryl methyl sites for hydroxylation is 1. The molecule has 1 saturated heterocycles. The number of H-pyrrole nitrogens is 1. The molecular weight excluding hydrogens is 384 g/mol. The molecule has 0 atom stereocenters. The lowest BCUT2D eigenvalue weighted by molar-refractivity contribution is -0.115. The van der Waals surface area contributed by atoms with Crippen LogP contribution in [0.5, 0.6) is 0 Å². The molecule has 0 spiro atoms. The highest BCUT2D eigenvalue weighted by Gasteiger charge is 2.36. The van der Waals surface area contributed by atoms with E-state index >= 15 is 0 Å². The summed E-state index contributed by atoms with van der Waals surface area (Å²) in [5.74, 6) is -0.705. The van der Waals surface area contributed by atoms with Crippen LogP contribution in [-0.2, 0) is 14.6 Å². The summed E-state index contributed by atoms with van der Waals surface area (Å²) < 4.78 is 27.0. The molecule has 136 valence electrons. The molecule has 8 heteroatoms. The number of thioether (sulfide) groups is 1. The van der Waals surface area contributed by atoms with Gasteiger partial charge in [-0.05, 0) is 43.0 Å². The van der Waals surface area contributed by atoms with Gasteiger partial charge in [0.2, 0.25) is 9.84 Å². The third-order valence-electron chi connectivity index (χ3n) is 4.26. The summed E-state index contributed by atoms with van der Waals surface area (Å²) in [7, 11) is -4.05. The van der Waals surface area contributed by atoms with Crippen molar-refractivity contribution in [3.05, 3.63) is 70.8 Å². The summed E-state index contributed by atoms with van der Waals surface area (Å²) in [6.07, 6.45) is 1.70. The molecule has 0 unspecified atom stereocenters. The molecule has 3 aromatic rings. The lowest BCUT2D eigenvalue weighted by atomic mass is 10.1. The van der Waals surface area contributed by atoms with Gasteiger partial charge in [-0.25, -0.2) is 8.42 Å².